The Kier molecular flexibility index (Phi) is 7.19. The van der Waals surface area contributed by atoms with Crippen molar-refractivity contribution in [2.45, 2.75) is 63.5 Å². The summed E-state index contributed by atoms with van der Waals surface area (Å²) in [5, 5.41) is 45.7. The van der Waals surface area contributed by atoms with E-state index in [1.54, 1.807) is 12.1 Å². The molecule has 0 unspecified atom stereocenters. The molecule has 10 heteroatoms. The number of Topliss-reactive ketones (excluding diaryl/α,β-unsaturated/α-hetero) is 2. The Morgan fingerprint density at radius 3 is 2.46 bits per heavy atom. The summed E-state index contributed by atoms with van der Waals surface area (Å²) in [6.07, 6.45) is 4.69. The van der Waals surface area contributed by atoms with Crippen molar-refractivity contribution in [3.05, 3.63) is 57.6 Å². The van der Waals surface area contributed by atoms with Gasteiger partial charge in [0.05, 0.1) is 11.6 Å². The van der Waals surface area contributed by atoms with Gasteiger partial charge < -0.3 is 26.2 Å². The standard InChI is InChI=1S/C31H35FN2O7/c1-4-5-6-7-8-14-9-10-16-17(11-14)25(35)21-18(23(16)32)12-15-13-19-24(34(2)3)27(37)22(30(33)40)29(39)31(19,41)28(38)20(15)26(21)36/h9-11,15,19,24,35-36,39,41H,4-8,12-13H2,1-3H3,(H2,33,40)/t15-,19-,24-,31-/m0/s1. The smallest absolute Gasteiger partial charge is 0.255 e. The average molecular weight is 567 g/mol. The largest absolute Gasteiger partial charge is 0.508 e. The number of amides is 1. The fourth-order valence-corrected chi connectivity index (χ4v) is 7.02. The van der Waals surface area contributed by atoms with Gasteiger partial charge >= 0.3 is 0 Å². The van der Waals surface area contributed by atoms with Crippen molar-refractivity contribution in [2.75, 3.05) is 14.1 Å². The second-order valence-electron chi connectivity index (χ2n) is 11.7. The molecule has 4 atom stereocenters. The number of aromatic hydroxyl groups is 1. The van der Waals surface area contributed by atoms with Crippen molar-refractivity contribution in [3.63, 3.8) is 0 Å². The van der Waals surface area contributed by atoms with Crippen LogP contribution in [0.25, 0.3) is 16.5 Å². The van der Waals surface area contributed by atoms with E-state index in [0.29, 0.717) is 0 Å². The maximum Gasteiger partial charge on any atom is 0.255 e. The van der Waals surface area contributed by atoms with Gasteiger partial charge in [0.2, 0.25) is 5.78 Å². The maximum absolute atomic E-state index is 16.0. The fraction of sp³-hybridized carbons (Fsp3) is 0.452. The van der Waals surface area contributed by atoms with Crippen LogP contribution in [0.5, 0.6) is 5.75 Å². The number of halogens is 1. The van der Waals surface area contributed by atoms with Crippen LogP contribution in [-0.2, 0) is 27.2 Å². The van der Waals surface area contributed by atoms with Gasteiger partial charge in [-0.3, -0.25) is 19.3 Å². The number of aliphatic hydroxyl groups excluding tert-OH is 2. The van der Waals surface area contributed by atoms with E-state index in [9.17, 15) is 34.8 Å². The van der Waals surface area contributed by atoms with Crippen LogP contribution in [0.3, 0.4) is 0 Å². The number of carbonyl (C=O) groups excluding carboxylic acids is 3. The van der Waals surface area contributed by atoms with Crippen molar-refractivity contribution < 1.29 is 39.2 Å². The number of likely N-dealkylation sites (N-methyl/N-ethyl adjacent to an activating group) is 1. The Bertz CT molecular complexity index is 1560. The number of unbranched alkanes of at least 4 members (excludes halogenated alkanes) is 3. The number of carbonyl (C=O) groups is 3. The molecular weight excluding hydrogens is 531 g/mol. The minimum Gasteiger partial charge on any atom is -0.508 e. The number of nitrogens with two attached hydrogens (primary N) is 1. The lowest BCUT2D eigenvalue weighted by Gasteiger charge is -2.50. The third-order valence-corrected chi connectivity index (χ3v) is 9.01. The number of primary amides is 1. The van der Waals surface area contributed by atoms with Crippen LogP contribution in [0.15, 0.2) is 35.1 Å². The average Bonchev–Trinajstić information content (AvgIpc) is 2.91. The molecule has 0 bridgehead atoms. The van der Waals surface area contributed by atoms with Gasteiger partial charge in [0.15, 0.2) is 11.4 Å². The minimum absolute atomic E-state index is 0.0244. The van der Waals surface area contributed by atoms with Gasteiger partial charge in [0.1, 0.15) is 28.7 Å². The highest BCUT2D eigenvalue weighted by Gasteiger charge is 2.64. The van der Waals surface area contributed by atoms with Crippen molar-refractivity contribution in [3.8, 4) is 5.75 Å². The molecule has 5 rings (SSSR count). The van der Waals surface area contributed by atoms with Crippen LogP contribution in [0.1, 0.15) is 55.7 Å². The first kappa shape index (κ1) is 28.8. The van der Waals surface area contributed by atoms with E-state index < -0.39 is 63.9 Å². The van der Waals surface area contributed by atoms with Crippen LogP contribution in [0, 0.1) is 17.7 Å². The third kappa shape index (κ3) is 4.15. The van der Waals surface area contributed by atoms with E-state index in [1.807, 2.05) is 6.07 Å². The van der Waals surface area contributed by atoms with Gasteiger partial charge in [0, 0.05) is 27.8 Å². The fourth-order valence-electron chi connectivity index (χ4n) is 7.02. The Hall–Kier alpha value is -3.76. The Morgan fingerprint density at radius 1 is 1.12 bits per heavy atom. The molecule has 1 saturated carbocycles. The Labute approximate surface area is 236 Å². The normalized spacial score (nSPS) is 26.0. The molecule has 2 aromatic rings. The molecule has 0 aromatic heterocycles. The number of ketones is 2. The summed E-state index contributed by atoms with van der Waals surface area (Å²) >= 11 is 0. The number of aryl methyl sites for hydroxylation is 1. The van der Waals surface area contributed by atoms with E-state index in [2.05, 4.69) is 6.92 Å². The first-order valence-corrected chi connectivity index (χ1v) is 14.0. The van der Waals surface area contributed by atoms with Crippen molar-refractivity contribution in [1.82, 2.24) is 4.90 Å². The highest BCUT2D eigenvalue weighted by atomic mass is 19.1. The number of benzene rings is 2. The summed E-state index contributed by atoms with van der Waals surface area (Å²) in [6.45, 7) is 2.12. The van der Waals surface area contributed by atoms with Crippen LogP contribution >= 0.6 is 0 Å². The summed E-state index contributed by atoms with van der Waals surface area (Å²) in [5.74, 6) is -8.19. The maximum atomic E-state index is 16.0. The van der Waals surface area contributed by atoms with Gasteiger partial charge in [-0.25, -0.2) is 4.39 Å². The Morgan fingerprint density at radius 2 is 1.83 bits per heavy atom. The van der Waals surface area contributed by atoms with E-state index in [4.69, 9.17) is 5.73 Å². The number of rotatable bonds is 7. The van der Waals surface area contributed by atoms with Gasteiger partial charge in [-0.2, -0.15) is 0 Å². The molecule has 3 aliphatic carbocycles. The lowest BCUT2D eigenvalue weighted by atomic mass is 9.57. The van der Waals surface area contributed by atoms with Gasteiger partial charge in [0.25, 0.3) is 5.91 Å². The first-order chi connectivity index (χ1) is 19.4. The number of phenols is 1. The number of aliphatic hydroxyl groups is 3. The van der Waals surface area contributed by atoms with Gasteiger partial charge in [-0.05, 0) is 57.3 Å². The van der Waals surface area contributed by atoms with Crippen LogP contribution in [-0.4, -0.2) is 68.5 Å². The number of nitrogens with zero attached hydrogens (tertiary/aromatic N) is 1. The summed E-state index contributed by atoms with van der Waals surface area (Å²) < 4.78 is 16.0. The van der Waals surface area contributed by atoms with E-state index in [1.165, 1.54) is 19.0 Å². The molecule has 0 radical (unpaired) electrons. The molecule has 6 N–H and O–H groups in total. The van der Waals surface area contributed by atoms with Crippen LogP contribution < -0.4 is 5.73 Å². The molecule has 1 fully saturated rings. The van der Waals surface area contributed by atoms with Gasteiger partial charge in [-0.15, -0.1) is 0 Å². The molecule has 0 aliphatic heterocycles. The predicted molar refractivity (Wildman–Crippen MR) is 150 cm³/mol. The first-order valence-electron chi connectivity index (χ1n) is 14.0. The number of hydrogen-bond donors (Lipinski definition) is 5. The molecule has 218 valence electrons. The molecule has 0 spiro atoms. The summed E-state index contributed by atoms with van der Waals surface area (Å²) in [7, 11) is 3.05. The molecule has 0 saturated heterocycles. The zero-order chi connectivity index (χ0) is 30.0. The third-order valence-electron chi connectivity index (χ3n) is 9.01. The zero-order valence-electron chi connectivity index (χ0n) is 23.3. The molecule has 1 amide bonds. The van der Waals surface area contributed by atoms with Crippen LogP contribution in [0.4, 0.5) is 4.39 Å². The molecule has 2 aromatic carbocycles. The molecule has 41 heavy (non-hydrogen) atoms. The van der Waals surface area contributed by atoms with Crippen molar-refractivity contribution >= 4 is 34.0 Å². The number of hydrogen-bond acceptors (Lipinski definition) is 8. The SMILES string of the molecule is CCCCCCc1ccc2c(F)c3c(c(O)c2c1)C(O)=C1C(=O)[C@]2(O)C(O)=C(C(N)=O)C(=O)[C@@H](N(C)C)[C@@H]2C[C@@H]1C3. The number of fused-ring (bicyclic) bond motifs is 4. The monoisotopic (exact) mass is 566 g/mol. The lowest BCUT2D eigenvalue weighted by molar-refractivity contribution is -0.153. The topological polar surface area (TPSA) is 161 Å². The van der Waals surface area contributed by atoms with E-state index in [-0.39, 0.29) is 46.1 Å². The molecule has 9 nitrogen and oxygen atoms in total. The van der Waals surface area contributed by atoms with Crippen LogP contribution in [0.2, 0.25) is 0 Å². The Balaban J connectivity index is 1.67. The summed E-state index contributed by atoms with van der Waals surface area (Å²) in [5.41, 5.74) is 2.11. The van der Waals surface area contributed by atoms with Crippen molar-refractivity contribution in [2.24, 2.45) is 17.6 Å². The van der Waals surface area contributed by atoms with E-state index >= 15 is 4.39 Å². The quantitative estimate of drug-likeness (QED) is 0.252. The highest BCUT2D eigenvalue weighted by Crippen LogP contribution is 2.53. The van der Waals surface area contributed by atoms with Crippen molar-refractivity contribution in [1.29, 1.82) is 0 Å². The second kappa shape index (κ2) is 10.3. The molecule has 0 heterocycles. The zero-order valence-corrected chi connectivity index (χ0v) is 23.3. The molecular formula is C31H35FN2O7. The predicted octanol–water partition coefficient (Wildman–Crippen LogP) is 3.38. The number of phenolic OH excluding ortho intramolecular Hbond substituents is 1. The summed E-state index contributed by atoms with van der Waals surface area (Å²) in [6, 6.07) is 3.91. The second-order valence-corrected chi connectivity index (χ2v) is 11.7. The van der Waals surface area contributed by atoms with Gasteiger partial charge in [-0.1, -0.05) is 38.3 Å². The summed E-state index contributed by atoms with van der Waals surface area (Å²) in [4.78, 5) is 40.7. The minimum atomic E-state index is -2.73. The lowest BCUT2D eigenvalue weighted by Crippen LogP contribution is -2.65. The molecule has 3 aliphatic rings. The highest BCUT2D eigenvalue weighted by molar-refractivity contribution is 6.24. The van der Waals surface area contributed by atoms with E-state index in [0.717, 1.165) is 37.7 Å².